The zero-order chi connectivity index (χ0) is 37.1. The molecule has 50 heavy (non-hydrogen) atoms. The molecule has 0 spiro atoms. The van der Waals surface area contributed by atoms with Gasteiger partial charge in [-0.15, -0.1) is 6.58 Å². The van der Waals surface area contributed by atoms with Crippen LogP contribution in [0.5, 0.6) is 0 Å². The van der Waals surface area contributed by atoms with Crippen molar-refractivity contribution in [3.8, 4) is 0 Å². The predicted octanol–water partition coefficient (Wildman–Crippen LogP) is 3.79. The fraction of sp³-hybridized carbons (Fsp3) is 0.811. The van der Waals surface area contributed by atoms with Crippen LogP contribution < -0.4 is 21.3 Å². The van der Waals surface area contributed by atoms with Crippen molar-refractivity contribution in [1.82, 2.24) is 26.2 Å². The molecule has 282 valence electrons. The van der Waals surface area contributed by atoms with Crippen molar-refractivity contribution >= 4 is 39.4 Å². The summed E-state index contributed by atoms with van der Waals surface area (Å²) in [6.45, 7) is 15.6. The van der Waals surface area contributed by atoms with E-state index in [1.165, 1.54) is 11.0 Å². The first-order valence-corrected chi connectivity index (χ1v) is 20.4. The number of piperidine rings is 1. The lowest BCUT2D eigenvalue weighted by Gasteiger charge is -2.49. The molecule has 13 heteroatoms. The van der Waals surface area contributed by atoms with Gasteiger partial charge < -0.3 is 26.2 Å². The lowest BCUT2D eigenvalue weighted by atomic mass is 9.71. The second-order valence-electron chi connectivity index (χ2n) is 17.2. The van der Waals surface area contributed by atoms with Gasteiger partial charge in [-0.1, -0.05) is 86.1 Å². The van der Waals surface area contributed by atoms with Gasteiger partial charge in [0.25, 0.3) is 5.91 Å². The third-order valence-electron chi connectivity index (χ3n) is 11.7. The van der Waals surface area contributed by atoms with Gasteiger partial charge in [-0.25, -0.2) is 13.2 Å². The Labute approximate surface area is 299 Å². The standard InChI is InChI=1S/C37H61N5O7S/c1-8-19-38-32(45)29(43)26(21-25-15-16-25)39-31(44)27-22-36(6,7)24(2)23-42(27)33(46)30(35(3,4)5)40-34(47)41-37(17-11-9-12-18-37)28-14-10-13-20-50(28,48)49/h8,24-28,30H,1,9-23H2,2-7H3,(H,38,45)(H,39,44)(H2,40,41,47)/t24?,26-,27-,28+,30+/m0/s1. The van der Waals surface area contributed by atoms with Crippen LogP contribution in [0.25, 0.3) is 0 Å². The van der Waals surface area contributed by atoms with Gasteiger partial charge in [-0.3, -0.25) is 19.2 Å². The Morgan fingerprint density at radius 3 is 2.20 bits per heavy atom. The van der Waals surface area contributed by atoms with Crippen molar-refractivity contribution in [1.29, 1.82) is 0 Å². The SMILES string of the molecule is C=CCNC(=O)C(=O)[C@H](CC1CC1)NC(=O)[C@@H]1CC(C)(C)C(C)CN1C(=O)[C@@H](NC(=O)NC1([C@H]2CCCCS2(=O)=O)CCCCC1)C(C)(C)C. The van der Waals surface area contributed by atoms with E-state index < -0.39 is 73.7 Å². The van der Waals surface area contributed by atoms with Gasteiger partial charge in [-0.05, 0) is 61.2 Å². The second-order valence-corrected chi connectivity index (χ2v) is 19.5. The molecule has 5 atom stereocenters. The maximum Gasteiger partial charge on any atom is 0.315 e. The van der Waals surface area contributed by atoms with E-state index in [0.29, 0.717) is 38.5 Å². The maximum atomic E-state index is 14.6. The van der Waals surface area contributed by atoms with Gasteiger partial charge in [0.15, 0.2) is 9.84 Å². The summed E-state index contributed by atoms with van der Waals surface area (Å²) in [5, 5.41) is 10.7. The van der Waals surface area contributed by atoms with Crippen LogP contribution in [0.3, 0.4) is 0 Å². The monoisotopic (exact) mass is 719 g/mol. The third-order valence-corrected chi connectivity index (χ3v) is 14.1. The van der Waals surface area contributed by atoms with Gasteiger partial charge >= 0.3 is 6.03 Å². The normalized spacial score (nSPS) is 27.2. The Morgan fingerprint density at radius 2 is 1.62 bits per heavy atom. The summed E-state index contributed by atoms with van der Waals surface area (Å²) in [5.41, 5.74) is -1.99. The van der Waals surface area contributed by atoms with Crippen molar-refractivity contribution in [3.05, 3.63) is 12.7 Å². The number of carbonyl (C=O) groups is 5. The molecule has 2 aliphatic carbocycles. The average Bonchev–Trinajstić information content (AvgIpc) is 3.86. The summed E-state index contributed by atoms with van der Waals surface area (Å²) in [5.74, 6) is -2.08. The van der Waals surface area contributed by atoms with Gasteiger partial charge in [0.05, 0.1) is 22.6 Å². The molecule has 5 amide bonds. The number of likely N-dealkylation sites (tertiary alicyclic amines) is 1. The van der Waals surface area contributed by atoms with E-state index >= 15 is 0 Å². The molecule has 2 aliphatic heterocycles. The average molecular weight is 720 g/mol. The quantitative estimate of drug-likeness (QED) is 0.176. The van der Waals surface area contributed by atoms with E-state index in [0.717, 1.165) is 38.5 Å². The Kier molecular flexibility index (Phi) is 12.5. The van der Waals surface area contributed by atoms with Crippen LogP contribution in [-0.4, -0.2) is 90.6 Å². The van der Waals surface area contributed by atoms with E-state index in [9.17, 15) is 32.4 Å². The molecule has 0 aromatic heterocycles. The summed E-state index contributed by atoms with van der Waals surface area (Å²) in [6, 6.07) is -3.59. The van der Waals surface area contributed by atoms with Crippen LogP contribution in [0.2, 0.25) is 0 Å². The number of ketones is 1. The molecule has 1 unspecified atom stereocenters. The minimum Gasteiger partial charge on any atom is -0.346 e. The Hall–Kier alpha value is -2.96. The molecule has 12 nitrogen and oxygen atoms in total. The van der Waals surface area contributed by atoms with Crippen molar-refractivity contribution in [3.63, 3.8) is 0 Å². The number of urea groups is 1. The lowest BCUT2D eigenvalue weighted by Crippen LogP contribution is -2.67. The highest BCUT2D eigenvalue weighted by molar-refractivity contribution is 7.92. The topological polar surface area (TPSA) is 171 Å². The molecule has 2 saturated heterocycles. The van der Waals surface area contributed by atoms with Crippen LogP contribution in [0.1, 0.15) is 119 Å². The Bertz CT molecular complexity index is 1410. The third kappa shape index (κ3) is 9.47. The van der Waals surface area contributed by atoms with Crippen LogP contribution in [0.15, 0.2) is 12.7 Å². The fourth-order valence-corrected chi connectivity index (χ4v) is 10.4. The minimum atomic E-state index is -3.40. The predicted molar refractivity (Wildman–Crippen MR) is 193 cm³/mol. The molecular weight excluding hydrogens is 659 g/mol. The number of hydrogen-bond donors (Lipinski definition) is 4. The summed E-state index contributed by atoms with van der Waals surface area (Å²) in [4.78, 5) is 70.0. The number of rotatable bonds is 12. The zero-order valence-electron chi connectivity index (χ0n) is 31.1. The molecule has 0 aromatic carbocycles. The van der Waals surface area contributed by atoms with Crippen molar-refractivity contribution in [2.75, 3.05) is 18.8 Å². The second kappa shape index (κ2) is 15.7. The van der Waals surface area contributed by atoms with E-state index in [-0.39, 0.29) is 36.1 Å². The highest BCUT2D eigenvalue weighted by Crippen LogP contribution is 2.41. The molecular formula is C37H61N5O7S. The molecule has 2 heterocycles. The van der Waals surface area contributed by atoms with Crippen LogP contribution in [-0.2, 0) is 29.0 Å². The summed E-state index contributed by atoms with van der Waals surface area (Å²) in [6.07, 6.45) is 9.61. The molecule has 0 radical (unpaired) electrons. The van der Waals surface area contributed by atoms with Crippen molar-refractivity contribution in [2.45, 2.75) is 148 Å². The summed E-state index contributed by atoms with van der Waals surface area (Å²) in [7, 11) is -3.40. The highest BCUT2D eigenvalue weighted by atomic mass is 32.2. The molecule has 4 rings (SSSR count). The zero-order valence-corrected chi connectivity index (χ0v) is 31.9. The first kappa shape index (κ1) is 39.8. The Balaban J connectivity index is 1.58. The first-order valence-electron chi connectivity index (χ1n) is 18.7. The Morgan fingerprint density at radius 1 is 0.960 bits per heavy atom. The van der Waals surface area contributed by atoms with Crippen LogP contribution >= 0.6 is 0 Å². The van der Waals surface area contributed by atoms with Crippen molar-refractivity contribution in [2.24, 2.45) is 22.7 Å². The number of hydrogen-bond acceptors (Lipinski definition) is 7. The number of amides is 5. The smallest absolute Gasteiger partial charge is 0.315 e. The first-order chi connectivity index (χ1) is 23.3. The molecule has 2 saturated carbocycles. The van der Waals surface area contributed by atoms with Crippen LogP contribution in [0.4, 0.5) is 4.79 Å². The number of nitrogens with zero attached hydrogens (tertiary/aromatic N) is 1. The van der Waals surface area contributed by atoms with Gasteiger partial charge in [-0.2, -0.15) is 0 Å². The van der Waals surface area contributed by atoms with E-state index in [1.807, 2.05) is 41.5 Å². The number of sulfone groups is 1. The molecule has 0 aromatic rings. The summed E-state index contributed by atoms with van der Waals surface area (Å²) >= 11 is 0. The molecule has 4 aliphatic rings. The van der Waals surface area contributed by atoms with E-state index in [4.69, 9.17) is 0 Å². The highest BCUT2D eigenvalue weighted by Gasteiger charge is 2.51. The summed E-state index contributed by atoms with van der Waals surface area (Å²) < 4.78 is 26.6. The molecule has 4 N–H and O–H groups in total. The van der Waals surface area contributed by atoms with E-state index in [1.54, 1.807) is 0 Å². The van der Waals surface area contributed by atoms with Gasteiger partial charge in [0.2, 0.25) is 17.6 Å². The molecule has 4 fully saturated rings. The minimum absolute atomic E-state index is 0.0144. The number of carbonyl (C=O) groups excluding carboxylic acids is 5. The lowest BCUT2D eigenvalue weighted by molar-refractivity contribution is -0.151. The fourth-order valence-electron chi connectivity index (χ4n) is 8.05. The van der Waals surface area contributed by atoms with Crippen LogP contribution in [0, 0.1) is 22.7 Å². The number of nitrogens with one attached hydrogen (secondary N) is 4. The van der Waals surface area contributed by atoms with Gasteiger partial charge in [0, 0.05) is 13.1 Å². The largest absolute Gasteiger partial charge is 0.346 e. The van der Waals surface area contributed by atoms with Crippen molar-refractivity contribution < 1.29 is 32.4 Å². The maximum absolute atomic E-state index is 14.6. The molecule has 0 bridgehead atoms. The van der Waals surface area contributed by atoms with Gasteiger partial charge in [0.1, 0.15) is 12.1 Å². The van der Waals surface area contributed by atoms with E-state index in [2.05, 4.69) is 27.8 Å². The number of Topliss-reactive ketones (excluding diaryl/α,β-unsaturated/α-hetero) is 1.